The fourth-order valence-corrected chi connectivity index (χ4v) is 3.24. The third-order valence-corrected chi connectivity index (χ3v) is 4.45. The highest BCUT2D eigenvalue weighted by atomic mass is 35.5. The summed E-state index contributed by atoms with van der Waals surface area (Å²) in [4.78, 5) is 9.47. The Hall–Kier alpha value is -1.78. The van der Waals surface area contributed by atoms with E-state index in [9.17, 15) is 0 Å². The Balaban J connectivity index is 1.88. The second-order valence-corrected chi connectivity index (χ2v) is 6.08. The predicted molar refractivity (Wildman–Crippen MR) is 87.4 cm³/mol. The Bertz CT molecular complexity index is 802. The zero-order chi connectivity index (χ0) is 14.4. The number of halogens is 1. The SMILES string of the molecule is CN1CCN(c2cccc3c2ncc2cc(Cl)cn23)CC1. The minimum absolute atomic E-state index is 0.745. The first-order chi connectivity index (χ1) is 10.2. The van der Waals surface area contributed by atoms with Gasteiger partial charge in [-0.05, 0) is 25.2 Å². The molecule has 1 aromatic carbocycles. The lowest BCUT2D eigenvalue weighted by Gasteiger charge is -2.34. The van der Waals surface area contributed by atoms with E-state index >= 15 is 0 Å². The molecule has 0 atom stereocenters. The first kappa shape index (κ1) is 12.9. The fraction of sp³-hybridized carbons (Fsp3) is 0.312. The van der Waals surface area contributed by atoms with Crippen molar-refractivity contribution in [2.45, 2.75) is 0 Å². The quantitative estimate of drug-likeness (QED) is 0.690. The van der Waals surface area contributed by atoms with Crippen molar-refractivity contribution in [2.24, 2.45) is 0 Å². The van der Waals surface area contributed by atoms with Crippen molar-refractivity contribution in [2.75, 3.05) is 38.1 Å². The minimum atomic E-state index is 0.745. The van der Waals surface area contributed by atoms with Gasteiger partial charge in [0.05, 0.1) is 27.9 Å². The van der Waals surface area contributed by atoms with Crippen LogP contribution in [0.15, 0.2) is 36.7 Å². The normalized spacial score (nSPS) is 17.0. The lowest BCUT2D eigenvalue weighted by atomic mass is 10.2. The summed E-state index contributed by atoms with van der Waals surface area (Å²) in [5.74, 6) is 0. The molecule has 3 heterocycles. The zero-order valence-electron chi connectivity index (χ0n) is 12.0. The minimum Gasteiger partial charge on any atom is -0.367 e. The summed E-state index contributed by atoms with van der Waals surface area (Å²) in [5, 5.41) is 0.745. The molecular formula is C16H17ClN4. The first-order valence-corrected chi connectivity index (χ1v) is 7.59. The van der Waals surface area contributed by atoms with E-state index in [2.05, 4.69) is 44.4 Å². The number of aromatic nitrogens is 2. The van der Waals surface area contributed by atoms with E-state index < -0.39 is 0 Å². The number of hydrogen-bond acceptors (Lipinski definition) is 3. The fourth-order valence-electron chi connectivity index (χ4n) is 3.03. The van der Waals surface area contributed by atoms with Crippen molar-refractivity contribution < 1.29 is 0 Å². The van der Waals surface area contributed by atoms with Crippen molar-refractivity contribution in [3.05, 3.63) is 41.7 Å². The number of fused-ring (bicyclic) bond motifs is 3. The van der Waals surface area contributed by atoms with Gasteiger partial charge in [0.15, 0.2) is 0 Å². The number of likely N-dealkylation sites (N-methyl/N-ethyl adjacent to an activating group) is 1. The number of nitrogens with zero attached hydrogens (tertiary/aromatic N) is 4. The van der Waals surface area contributed by atoms with Gasteiger partial charge in [-0.1, -0.05) is 17.7 Å². The molecule has 5 heteroatoms. The predicted octanol–water partition coefficient (Wildman–Crippen LogP) is 2.89. The van der Waals surface area contributed by atoms with Crippen LogP contribution >= 0.6 is 11.6 Å². The highest BCUT2D eigenvalue weighted by molar-refractivity contribution is 6.31. The van der Waals surface area contributed by atoms with E-state index in [0.717, 1.165) is 47.8 Å². The van der Waals surface area contributed by atoms with Gasteiger partial charge in [0.25, 0.3) is 0 Å². The molecule has 0 unspecified atom stereocenters. The van der Waals surface area contributed by atoms with Crippen LogP contribution in [0.5, 0.6) is 0 Å². The number of para-hydroxylation sites is 1. The Labute approximate surface area is 128 Å². The van der Waals surface area contributed by atoms with E-state index in [0.29, 0.717) is 0 Å². The molecule has 3 aromatic rings. The molecule has 1 aliphatic heterocycles. The molecule has 0 N–H and O–H groups in total. The molecule has 2 aromatic heterocycles. The Morgan fingerprint density at radius 1 is 1.14 bits per heavy atom. The average molecular weight is 301 g/mol. The van der Waals surface area contributed by atoms with Gasteiger partial charge in [-0.25, -0.2) is 0 Å². The molecule has 0 saturated carbocycles. The second-order valence-electron chi connectivity index (χ2n) is 5.65. The summed E-state index contributed by atoms with van der Waals surface area (Å²) in [5.41, 5.74) is 4.40. The molecule has 1 fully saturated rings. The van der Waals surface area contributed by atoms with Crippen LogP contribution < -0.4 is 4.90 Å². The smallest absolute Gasteiger partial charge is 0.110 e. The van der Waals surface area contributed by atoms with Gasteiger partial charge in [0.1, 0.15) is 5.52 Å². The molecule has 4 rings (SSSR count). The third-order valence-electron chi connectivity index (χ3n) is 4.24. The van der Waals surface area contributed by atoms with Crippen LogP contribution in [0.1, 0.15) is 0 Å². The van der Waals surface area contributed by atoms with Crippen LogP contribution in [-0.4, -0.2) is 47.5 Å². The van der Waals surface area contributed by atoms with Gasteiger partial charge in [0, 0.05) is 32.4 Å². The van der Waals surface area contributed by atoms with E-state index in [-0.39, 0.29) is 0 Å². The Morgan fingerprint density at radius 2 is 1.95 bits per heavy atom. The largest absolute Gasteiger partial charge is 0.367 e. The van der Waals surface area contributed by atoms with E-state index in [1.165, 1.54) is 5.69 Å². The van der Waals surface area contributed by atoms with E-state index in [1.54, 1.807) is 0 Å². The van der Waals surface area contributed by atoms with Gasteiger partial charge >= 0.3 is 0 Å². The lowest BCUT2D eigenvalue weighted by Crippen LogP contribution is -2.44. The van der Waals surface area contributed by atoms with Gasteiger partial charge < -0.3 is 14.2 Å². The number of benzene rings is 1. The summed E-state index contributed by atoms with van der Waals surface area (Å²) < 4.78 is 2.12. The van der Waals surface area contributed by atoms with Crippen molar-refractivity contribution in [1.29, 1.82) is 0 Å². The van der Waals surface area contributed by atoms with Crippen LogP contribution in [0.2, 0.25) is 5.02 Å². The highest BCUT2D eigenvalue weighted by Gasteiger charge is 2.17. The van der Waals surface area contributed by atoms with Crippen LogP contribution in [0.3, 0.4) is 0 Å². The summed E-state index contributed by atoms with van der Waals surface area (Å²) in [6.07, 6.45) is 3.85. The van der Waals surface area contributed by atoms with Gasteiger partial charge in [0.2, 0.25) is 0 Å². The van der Waals surface area contributed by atoms with Crippen LogP contribution in [0.4, 0.5) is 5.69 Å². The topological polar surface area (TPSA) is 23.8 Å². The number of piperazine rings is 1. The second kappa shape index (κ2) is 4.90. The van der Waals surface area contributed by atoms with Gasteiger partial charge in [-0.15, -0.1) is 0 Å². The summed E-state index contributed by atoms with van der Waals surface area (Å²) in [6.45, 7) is 4.27. The monoisotopic (exact) mass is 300 g/mol. The third kappa shape index (κ3) is 2.15. The molecule has 21 heavy (non-hydrogen) atoms. The van der Waals surface area contributed by atoms with Crippen LogP contribution in [0, 0.1) is 0 Å². The van der Waals surface area contributed by atoms with Crippen molar-refractivity contribution in [3.8, 4) is 0 Å². The van der Waals surface area contributed by atoms with Crippen molar-refractivity contribution >= 4 is 33.8 Å². The molecular weight excluding hydrogens is 284 g/mol. The maximum Gasteiger partial charge on any atom is 0.110 e. The van der Waals surface area contributed by atoms with Crippen LogP contribution in [0.25, 0.3) is 16.6 Å². The van der Waals surface area contributed by atoms with Crippen molar-refractivity contribution in [1.82, 2.24) is 14.3 Å². The molecule has 108 valence electrons. The standard InChI is InChI=1S/C16H17ClN4/c1-19-5-7-20(8-6-19)14-3-2-4-15-16(14)18-10-13-9-12(17)11-21(13)15/h2-4,9-11H,5-8H2,1H3. The number of anilines is 1. The van der Waals surface area contributed by atoms with Gasteiger partial charge in [-0.2, -0.15) is 0 Å². The Morgan fingerprint density at radius 3 is 2.76 bits per heavy atom. The van der Waals surface area contributed by atoms with Gasteiger partial charge in [-0.3, -0.25) is 4.98 Å². The molecule has 0 amide bonds. The first-order valence-electron chi connectivity index (χ1n) is 7.21. The molecule has 4 nitrogen and oxygen atoms in total. The molecule has 0 bridgehead atoms. The maximum atomic E-state index is 6.12. The number of hydrogen-bond donors (Lipinski definition) is 0. The van der Waals surface area contributed by atoms with E-state index in [1.807, 2.05) is 18.5 Å². The van der Waals surface area contributed by atoms with E-state index in [4.69, 9.17) is 11.6 Å². The van der Waals surface area contributed by atoms with Crippen molar-refractivity contribution in [3.63, 3.8) is 0 Å². The summed E-state index contributed by atoms with van der Waals surface area (Å²) in [6, 6.07) is 8.31. The molecule has 1 saturated heterocycles. The summed E-state index contributed by atoms with van der Waals surface area (Å²) in [7, 11) is 2.17. The molecule has 1 aliphatic rings. The molecule has 0 spiro atoms. The van der Waals surface area contributed by atoms with Crippen LogP contribution in [-0.2, 0) is 0 Å². The molecule has 0 radical (unpaired) electrons. The number of rotatable bonds is 1. The zero-order valence-corrected chi connectivity index (χ0v) is 12.7. The average Bonchev–Trinajstić information content (AvgIpc) is 2.88. The lowest BCUT2D eigenvalue weighted by molar-refractivity contribution is 0.313. The maximum absolute atomic E-state index is 6.12. The molecule has 0 aliphatic carbocycles. The summed E-state index contributed by atoms with van der Waals surface area (Å²) >= 11 is 6.12. The Kier molecular flexibility index (Phi) is 3.01. The highest BCUT2D eigenvalue weighted by Crippen LogP contribution is 2.28.